The summed E-state index contributed by atoms with van der Waals surface area (Å²) in [6.45, 7) is 0. The maximum atomic E-state index is 12.8. The molecule has 4 rings (SSSR count). The number of rotatable bonds is 3. The zero-order valence-electron chi connectivity index (χ0n) is 15.0. The molecule has 0 aliphatic carbocycles. The molecular formula is C23H20N2O2. The van der Waals surface area contributed by atoms with Gasteiger partial charge in [-0.15, -0.1) is 0 Å². The third-order valence-electron chi connectivity index (χ3n) is 4.75. The van der Waals surface area contributed by atoms with Gasteiger partial charge in [0.2, 0.25) is 0 Å². The zero-order valence-corrected chi connectivity index (χ0v) is 15.0. The van der Waals surface area contributed by atoms with Crippen molar-refractivity contribution in [2.75, 3.05) is 7.11 Å². The first kappa shape index (κ1) is 17.0. The van der Waals surface area contributed by atoms with Crippen LogP contribution in [0.3, 0.4) is 0 Å². The summed E-state index contributed by atoms with van der Waals surface area (Å²) in [7, 11) is 1.41. The normalized spacial score (nSPS) is 18.9. The van der Waals surface area contributed by atoms with Gasteiger partial charge in [0.1, 0.15) is 11.9 Å². The van der Waals surface area contributed by atoms with Crippen LogP contribution in [0.1, 0.15) is 28.8 Å². The predicted octanol–water partition coefficient (Wildman–Crippen LogP) is 5.00. The second kappa shape index (κ2) is 7.46. The molecular weight excluding hydrogens is 336 g/mol. The lowest BCUT2D eigenvalue weighted by atomic mass is 9.94. The summed E-state index contributed by atoms with van der Waals surface area (Å²) in [4.78, 5) is 19.4. The van der Waals surface area contributed by atoms with E-state index in [1.165, 1.54) is 7.11 Å². The van der Waals surface area contributed by atoms with Crippen molar-refractivity contribution in [1.29, 1.82) is 0 Å². The van der Waals surface area contributed by atoms with Gasteiger partial charge < -0.3 is 4.74 Å². The fraction of sp³-hybridized carbons (Fsp3) is 0.130. The van der Waals surface area contributed by atoms with Gasteiger partial charge in [-0.05, 0) is 11.1 Å². The lowest BCUT2D eigenvalue weighted by molar-refractivity contribution is 0.134. The summed E-state index contributed by atoms with van der Waals surface area (Å²) in [6, 6.07) is 29.3. The molecule has 1 heterocycles. The van der Waals surface area contributed by atoms with Crippen molar-refractivity contribution in [2.24, 2.45) is 4.99 Å². The van der Waals surface area contributed by atoms with Crippen molar-refractivity contribution >= 4 is 11.9 Å². The molecule has 3 aromatic carbocycles. The van der Waals surface area contributed by atoms with E-state index in [4.69, 9.17) is 9.73 Å². The van der Waals surface area contributed by atoms with Gasteiger partial charge in [0, 0.05) is 5.56 Å². The topological polar surface area (TPSA) is 41.9 Å². The van der Waals surface area contributed by atoms with E-state index < -0.39 is 6.09 Å². The van der Waals surface area contributed by atoms with Crippen LogP contribution >= 0.6 is 0 Å². The quantitative estimate of drug-likeness (QED) is 0.663. The van der Waals surface area contributed by atoms with Gasteiger partial charge in [-0.3, -0.25) is 9.89 Å². The van der Waals surface area contributed by atoms with Gasteiger partial charge in [0.05, 0.1) is 13.2 Å². The highest BCUT2D eigenvalue weighted by Crippen LogP contribution is 2.43. The molecule has 0 bridgehead atoms. The Balaban J connectivity index is 1.89. The van der Waals surface area contributed by atoms with Gasteiger partial charge >= 0.3 is 6.09 Å². The lowest BCUT2D eigenvalue weighted by Gasteiger charge is -2.28. The molecule has 0 radical (unpaired) electrons. The van der Waals surface area contributed by atoms with Crippen LogP contribution in [-0.2, 0) is 4.74 Å². The minimum Gasteiger partial charge on any atom is -0.452 e. The molecule has 0 spiro atoms. The van der Waals surface area contributed by atoms with Crippen molar-refractivity contribution in [3.8, 4) is 0 Å². The highest BCUT2D eigenvalue weighted by atomic mass is 16.5. The Kier molecular flexibility index (Phi) is 4.71. The van der Waals surface area contributed by atoms with Crippen LogP contribution in [0, 0.1) is 0 Å². The van der Waals surface area contributed by atoms with Crippen LogP contribution in [0.15, 0.2) is 96.0 Å². The number of aliphatic imine (C=N–C) groups is 1. The Labute approximate surface area is 158 Å². The van der Waals surface area contributed by atoms with E-state index in [2.05, 4.69) is 0 Å². The smallest absolute Gasteiger partial charge is 0.415 e. The third kappa shape index (κ3) is 3.22. The summed E-state index contributed by atoms with van der Waals surface area (Å²) in [5.74, 6) is 0.630. The Bertz CT molecular complexity index is 940. The minimum absolute atomic E-state index is 0.206. The highest BCUT2D eigenvalue weighted by Gasteiger charge is 2.42. The molecule has 0 saturated heterocycles. The van der Waals surface area contributed by atoms with Gasteiger partial charge in [-0.25, -0.2) is 4.79 Å². The molecule has 27 heavy (non-hydrogen) atoms. The molecule has 2 atom stereocenters. The summed E-state index contributed by atoms with van der Waals surface area (Å²) in [5, 5.41) is 0. The number of amidine groups is 1. The first-order chi connectivity index (χ1) is 13.3. The van der Waals surface area contributed by atoms with E-state index >= 15 is 0 Å². The van der Waals surface area contributed by atoms with Gasteiger partial charge in [-0.2, -0.15) is 0 Å². The molecule has 4 heteroatoms. The molecule has 0 aromatic heterocycles. The Hall–Kier alpha value is -3.40. The molecule has 1 aliphatic heterocycles. The van der Waals surface area contributed by atoms with E-state index in [1.807, 2.05) is 91.0 Å². The maximum Gasteiger partial charge on any atom is 0.415 e. The van der Waals surface area contributed by atoms with Crippen molar-refractivity contribution in [3.63, 3.8) is 0 Å². The molecule has 134 valence electrons. The number of nitrogens with zero attached hydrogens (tertiary/aromatic N) is 2. The van der Waals surface area contributed by atoms with Crippen LogP contribution in [-0.4, -0.2) is 23.9 Å². The average molecular weight is 356 g/mol. The number of methoxy groups -OCH3 is 1. The van der Waals surface area contributed by atoms with Crippen molar-refractivity contribution < 1.29 is 9.53 Å². The van der Waals surface area contributed by atoms with Crippen LogP contribution in [0.2, 0.25) is 0 Å². The Morgan fingerprint density at radius 3 is 1.89 bits per heavy atom. The fourth-order valence-electron chi connectivity index (χ4n) is 3.53. The second-order valence-electron chi connectivity index (χ2n) is 6.37. The number of hydrogen-bond acceptors (Lipinski definition) is 3. The van der Waals surface area contributed by atoms with E-state index in [0.29, 0.717) is 5.84 Å². The zero-order chi connectivity index (χ0) is 18.6. The van der Waals surface area contributed by atoms with Crippen molar-refractivity contribution in [3.05, 3.63) is 108 Å². The number of hydrogen-bond donors (Lipinski definition) is 0. The summed E-state index contributed by atoms with van der Waals surface area (Å²) in [5.41, 5.74) is 2.97. The number of carbonyl (C=O) groups is 1. The van der Waals surface area contributed by atoms with Gasteiger partial charge in [0.25, 0.3) is 0 Å². The Morgan fingerprint density at radius 2 is 1.33 bits per heavy atom. The standard InChI is InChI=1S/C23H20N2O2/c1-27-23(26)25-21(18-13-7-3-8-14-18)20(17-11-5-2-6-12-17)24-22(25)19-15-9-4-10-16-19/h2-16,20-21H,1H3/t20-,21-/m1/s1. The van der Waals surface area contributed by atoms with E-state index in [0.717, 1.165) is 16.7 Å². The fourth-order valence-corrected chi connectivity index (χ4v) is 3.53. The monoisotopic (exact) mass is 356 g/mol. The van der Waals surface area contributed by atoms with E-state index in [-0.39, 0.29) is 12.1 Å². The molecule has 0 fully saturated rings. The van der Waals surface area contributed by atoms with Crippen LogP contribution in [0.5, 0.6) is 0 Å². The number of carbonyl (C=O) groups excluding carboxylic acids is 1. The van der Waals surface area contributed by atoms with Crippen LogP contribution < -0.4 is 0 Å². The second-order valence-corrected chi connectivity index (χ2v) is 6.37. The largest absolute Gasteiger partial charge is 0.452 e. The van der Waals surface area contributed by atoms with E-state index in [9.17, 15) is 4.79 Å². The van der Waals surface area contributed by atoms with Crippen molar-refractivity contribution in [2.45, 2.75) is 12.1 Å². The SMILES string of the molecule is COC(=O)N1C(c2ccccc2)=N[C@H](c2ccccc2)[C@H]1c1ccccc1. The average Bonchev–Trinajstić information content (AvgIpc) is 3.16. The molecule has 0 saturated carbocycles. The summed E-state index contributed by atoms with van der Waals surface area (Å²) >= 11 is 0. The summed E-state index contributed by atoms with van der Waals surface area (Å²) < 4.78 is 5.13. The molecule has 1 amide bonds. The van der Waals surface area contributed by atoms with Gasteiger partial charge in [-0.1, -0.05) is 91.0 Å². The molecule has 4 nitrogen and oxygen atoms in total. The van der Waals surface area contributed by atoms with E-state index in [1.54, 1.807) is 4.90 Å². The van der Waals surface area contributed by atoms with Crippen molar-refractivity contribution in [1.82, 2.24) is 4.90 Å². The molecule has 1 aliphatic rings. The summed E-state index contributed by atoms with van der Waals surface area (Å²) in [6.07, 6.45) is -0.412. The first-order valence-electron chi connectivity index (χ1n) is 8.90. The molecule has 0 unspecified atom stereocenters. The lowest BCUT2D eigenvalue weighted by Crippen LogP contribution is -2.37. The first-order valence-corrected chi connectivity index (χ1v) is 8.90. The third-order valence-corrected chi connectivity index (χ3v) is 4.75. The highest BCUT2D eigenvalue weighted by molar-refractivity contribution is 6.08. The van der Waals surface area contributed by atoms with Gasteiger partial charge in [0.15, 0.2) is 0 Å². The predicted molar refractivity (Wildman–Crippen MR) is 106 cm³/mol. The number of amides is 1. The number of benzene rings is 3. The Morgan fingerprint density at radius 1 is 0.815 bits per heavy atom. The minimum atomic E-state index is -0.412. The number of ether oxygens (including phenoxy) is 1. The molecule has 0 N–H and O–H groups in total. The molecule has 3 aromatic rings. The maximum absolute atomic E-state index is 12.8. The van der Waals surface area contributed by atoms with Crippen LogP contribution in [0.4, 0.5) is 4.79 Å². The van der Waals surface area contributed by atoms with Crippen LogP contribution in [0.25, 0.3) is 0 Å².